The Balaban J connectivity index is 1.55. The van der Waals surface area contributed by atoms with Gasteiger partial charge in [0.2, 0.25) is 0 Å². The van der Waals surface area contributed by atoms with Crippen LogP contribution in [0.3, 0.4) is 0 Å². The Kier molecular flexibility index (Phi) is 6.06. The minimum atomic E-state index is -0.561. The Bertz CT molecular complexity index is 755. The number of anilines is 1. The molecular formula is C21H26N2O4. The van der Waals surface area contributed by atoms with E-state index >= 15 is 0 Å². The highest BCUT2D eigenvalue weighted by Crippen LogP contribution is 2.27. The smallest absolute Gasteiger partial charge is 0.263 e. The van der Waals surface area contributed by atoms with E-state index in [2.05, 4.69) is 4.90 Å². The number of hydrogen-bond donors (Lipinski definition) is 0. The van der Waals surface area contributed by atoms with Gasteiger partial charge in [0.25, 0.3) is 5.91 Å². The van der Waals surface area contributed by atoms with Gasteiger partial charge in [0.15, 0.2) is 17.6 Å². The molecule has 1 heterocycles. The Hall–Kier alpha value is -2.89. The number of benzene rings is 2. The molecule has 1 amide bonds. The average Bonchev–Trinajstić information content (AvgIpc) is 2.73. The molecule has 0 bridgehead atoms. The van der Waals surface area contributed by atoms with E-state index in [1.54, 1.807) is 21.1 Å². The minimum Gasteiger partial charge on any atom is -0.497 e. The highest BCUT2D eigenvalue weighted by atomic mass is 16.5. The molecule has 0 spiro atoms. The van der Waals surface area contributed by atoms with Crippen LogP contribution in [0.25, 0.3) is 0 Å². The van der Waals surface area contributed by atoms with Gasteiger partial charge in [0, 0.05) is 31.9 Å². The first-order valence-corrected chi connectivity index (χ1v) is 9.10. The first kappa shape index (κ1) is 18.9. The number of carbonyl (C=O) groups excluding carboxylic acids is 1. The van der Waals surface area contributed by atoms with Gasteiger partial charge in [-0.05, 0) is 43.3 Å². The van der Waals surface area contributed by atoms with Crippen LogP contribution in [0.4, 0.5) is 5.69 Å². The maximum Gasteiger partial charge on any atom is 0.263 e. The van der Waals surface area contributed by atoms with E-state index in [1.165, 1.54) is 0 Å². The summed E-state index contributed by atoms with van der Waals surface area (Å²) in [6, 6.07) is 15.4. The van der Waals surface area contributed by atoms with Crippen molar-refractivity contribution < 1.29 is 19.0 Å². The molecule has 6 heteroatoms. The molecule has 0 aromatic heterocycles. The van der Waals surface area contributed by atoms with Crippen molar-refractivity contribution in [2.24, 2.45) is 0 Å². The van der Waals surface area contributed by atoms with E-state index in [-0.39, 0.29) is 5.91 Å². The van der Waals surface area contributed by atoms with Crippen LogP contribution in [-0.4, -0.2) is 57.3 Å². The molecule has 1 aliphatic rings. The number of hydrogen-bond acceptors (Lipinski definition) is 5. The second-order valence-corrected chi connectivity index (χ2v) is 6.42. The Morgan fingerprint density at radius 3 is 2.11 bits per heavy atom. The summed E-state index contributed by atoms with van der Waals surface area (Å²) in [5.74, 6) is 2.05. The van der Waals surface area contributed by atoms with E-state index < -0.39 is 6.10 Å². The summed E-state index contributed by atoms with van der Waals surface area (Å²) in [4.78, 5) is 16.9. The maximum atomic E-state index is 12.8. The summed E-state index contributed by atoms with van der Waals surface area (Å²) in [5.41, 5.74) is 1.14. The fourth-order valence-electron chi connectivity index (χ4n) is 3.19. The molecule has 3 rings (SSSR count). The third-order valence-corrected chi connectivity index (χ3v) is 4.75. The van der Waals surface area contributed by atoms with Crippen molar-refractivity contribution in [3.8, 4) is 17.2 Å². The van der Waals surface area contributed by atoms with Crippen molar-refractivity contribution >= 4 is 11.6 Å². The quantitative estimate of drug-likeness (QED) is 0.783. The number of ether oxygens (including phenoxy) is 3. The average molecular weight is 370 g/mol. The molecule has 1 aliphatic heterocycles. The predicted octanol–water partition coefficient (Wildman–Crippen LogP) is 2.82. The summed E-state index contributed by atoms with van der Waals surface area (Å²) >= 11 is 0. The molecule has 0 saturated carbocycles. The molecule has 2 aromatic carbocycles. The SMILES string of the molecule is COc1ccc(N2CCN(C(=O)[C@H](C)Oc3ccccc3OC)CC2)cc1. The normalized spacial score (nSPS) is 15.2. The molecule has 144 valence electrons. The van der Waals surface area contributed by atoms with E-state index in [4.69, 9.17) is 14.2 Å². The molecular weight excluding hydrogens is 344 g/mol. The number of amides is 1. The van der Waals surface area contributed by atoms with Crippen molar-refractivity contribution in [3.05, 3.63) is 48.5 Å². The second-order valence-electron chi connectivity index (χ2n) is 6.42. The third-order valence-electron chi connectivity index (χ3n) is 4.75. The van der Waals surface area contributed by atoms with Gasteiger partial charge in [-0.3, -0.25) is 4.79 Å². The second kappa shape index (κ2) is 8.66. The van der Waals surface area contributed by atoms with Crippen LogP contribution < -0.4 is 19.1 Å². The van der Waals surface area contributed by atoms with Gasteiger partial charge in [-0.25, -0.2) is 0 Å². The number of nitrogens with zero attached hydrogens (tertiary/aromatic N) is 2. The number of para-hydroxylation sites is 2. The zero-order chi connectivity index (χ0) is 19.2. The van der Waals surface area contributed by atoms with Gasteiger partial charge in [-0.1, -0.05) is 12.1 Å². The van der Waals surface area contributed by atoms with Crippen LogP contribution in [0.5, 0.6) is 17.2 Å². The van der Waals surface area contributed by atoms with Crippen LogP contribution >= 0.6 is 0 Å². The van der Waals surface area contributed by atoms with Crippen LogP contribution in [0.2, 0.25) is 0 Å². The fraction of sp³-hybridized carbons (Fsp3) is 0.381. The Morgan fingerprint density at radius 1 is 0.889 bits per heavy atom. The maximum absolute atomic E-state index is 12.8. The lowest BCUT2D eigenvalue weighted by Gasteiger charge is -2.37. The van der Waals surface area contributed by atoms with Crippen LogP contribution in [0, 0.1) is 0 Å². The van der Waals surface area contributed by atoms with Crippen molar-refractivity contribution in [1.29, 1.82) is 0 Å². The van der Waals surface area contributed by atoms with E-state index in [1.807, 2.05) is 53.4 Å². The van der Waals surface area contributed by atoms with Crippen molar-refractivity contribution in [2.45, 2.75) is 13.0 Å². The van der Waals surface area contributed by atoms with E-state index in [9.17, 15) is 4.79 Å². The molecule has 27 heavy (non-hydrogen) atoms. The fourth-order valence-corrected chi connectivity index (χ4v) is 3.19. The van der Waals surface area contributed by atoms with E-state index in [0.717, 1.165) is 24.5 Å². The minimum absolute atomic E-state index is 0.00436. The number of rotatable bonds is 6. The highest BCUT2D eigenvalue weighted by molar-refractivity contribution is 5.81. The summed E-state index contributed by atoms with van der Waals surface area (Å²) in [5, 5.41) is 0. The third kappa shape index (κ3) is 4.45. The number of piperazine rings is 1. The van der Waals surface area contributed by atoms with Crippen LogP contribution in [0.1, 0.15) is 6.92 Å². The summed E-state index contributed by atoms with van der Waals surface area (Å²) in [6.45, 7) is 4.71. The highest BCUT2D eigenvalue weighted by Gasteiger charge is 2.26. The number of carbonyl (C=O) groups is 1. The van der Waals surface area contributed by atoms with Gasteiger partial charge in [0.05, 0.1) is 14.2 Å². The van der Waals surface area contributed by atoms with Crippen molar-refractivity contribution in [1.82, 2.24) is 4.90 Å². The lowest BCUT2D eigenvalue weighted by Crippen LogP contribution is -2.52. The lowest BCUT2D eigenvalue weighted by molar-refractivity contribution is -0.138. The van der Waals surface area contributed by atoms with Crippen molar-refractivity contribution in [2.75, 3.05) is 45.3 Å². The van der Waals surface area contributed by atoms with Gasteiger partial charge in [0.1, 0.15) is 5.75 Å². The monoisotopic (exact) mass is 370 g/mol. The van der Waals surface area contributed by atoms with Gasteiger partial charge in [-0.2, -0.15) is 0 Å². The van der Waals surface area contributed by atoms with Crippen molar-refractivity contribution in [3.63, 3.8) is 0 Å². The Labute approximate surface area is 160 Å². The van der Waals surface area contributed by atoms with E-state index in [0.29, 0.717) is 24.6 Å². The topological polar surface area (TPSA) is 51.2 Å². The predicted molar refractivity (Wildman–Crippen MR) is 105 cm³/mol. The van der Waals surface area contributed by atoms with Gasteiger partial charge < -0.3 is 24.0 Å². The number of methoxy groups -OCH3 is 2. The molecule has 1 saturated heterocycles. The van der Waals surface area contributed by atoms with Crippen LogP contribution in [0.15, 0.2) is 48.5 Å². The first-order valence-electron chi connectivity index (χ1n) is 9.10. The zero-order valence-corrected chi connectivity index (χ0v) is 16.1. The zero-order valence-electron chi connectivity index (χ0n) is 16.1. The largest absolute Gasteiger partial charge is 0.497 e. The Morgan fingerprint density at radius 2 is 1.52 bits per heavy atom. The molecule has 1 fully saturated rings. The summed E-state index contributed by atoms with van der Waals surface area (Å²) in [6.07, 6.45) is -0.561. The lowest BCUT2D eigenvalue weighted by atomic mass is 10.2. The molecule has 0 aliphatic carbocycles. The first-order chi connectivity index (χ1) is 13.1. The summed E-state index contributed by atoms with van der Waals surface area (Å²) in [7, 11) is 3.25. The van der Waals surface area contributed by atoms with Crippen LogP contribution in [-0.2, 0) is 4.79 Å². The molecule has 0 radical (unpaired) electrons. The van der Waals surface area contributed by atoms with Gasteiger partial charge >= 0.3 is 0 Å². The standard InChI is InChI=1S/C21H26N2O4/c1-16(27-20-7-5-4-6-19(20)26-3)21(24)23-14-12-22(13-15-23)17-8-10-18(25-2)11-9-17/h4-11,16H,12-15H2,1-3H3/t16-/m0/s1. The molecule has 0 N–H and O–H groups in total. The molecule has 0 unspecified atom stereocenters. The summed E-state index contributed by atoms with van der Waals surface area (Å²) < 4.78 is 16.3. The molecule has 1 atom stereocenters. The van der Waals surface area contributed by atoms with Gasteiger partial charge in [-0.15, -0.1) is 0 Å². The molecule has 2 aromatic rings. The molecule has 6 nitrogen and oxygen atoms in total.